The lowest BCUT2D eigenvalue weighted by Crippen LogP contribution is -2.32. The summed E-state index contributed by atoms with van der Waals surface area (Å²) in [5.41, 5.74) is 5.71. The summed E-state index contributed by atoms with van der Waals surface area (Å²) in [6.07, 6.45) is 0.967. The maximum atomic E-state index is 13.0. The van der Waals surface area contributed by atoms with Crippen LogP contribution in [0.1, 0.15) is 25.8 Å². The van der Waals surface area contributed by atoms with Crippen molar-refractivity contribution in [2.75, 3.05) is 0 Å². The summed E-state index contributed by atoms with van der Waals surface area (Å²) in [7, 11) is 0. The van der Waals surface area contributed by atoms with Gasteiger partial charge < -0.3 is 5.73 Å². The Morgan fingerprint density at radius 2 is 2.12 bits per heavy atom. The van der Waals surface area contributed by atoms with Crippen LogP contribution < -0.4 is 5.73 Å². The Labute approximate surface area is 93.4 Å². The van der Waals surface area contributed by atoms with Crippen molar-refractivity contribution in [3.63, 3.8) is 0 Å². The fourth-order valence-corrected chi connectivity index (χ4v) is 1.39. The highest BCUT2D eigenvalue weighted by Crippen LogP contribution is 2.22. The number of hydrogen-bond donors (Lipinski definition) is 1. The van der Waals surface area contributed by atoms with Gasteiger partial charge >= 0.3 is 0 Å². The lowest BCUT2D eigenvalue weighted by atomic mass is 9.96. The molecule has 1 aromatic rings. The van der Waals surface area contributed by atoms with Crippen LogP contribution in [0.4, 0.5) is 10.1 Å². The van der Waals surface area contributed by atoms with Gasteiger partial charge in [0.15, 0.2) is 0 Å². The summed E-state index contributed by atoms with van der Waals surface area (Å²) >= 11 is 0. The normalized spacial score (nSPS) is 11.5. The van der Waals surface area contributed by atoms with Crippen molar-refractivity contribution in [3.8, 4) is 0 Å². The van der Waals surface area contributed by atoms with E-state index >= 15 is 0 Å². The van der Waals surface area contributed by atoms with Gasteiger partial charge in [0, 0.05) is 17.2 Å². The minimum atomic E-state index is -0.502. The van der Waals surface area contributed by atoms with Crippen molar-refractivity contribution in [1.29, 1.82) is 0 Å². The van der Waals surface area contributed by atoms with Gasteiger partial charge in [-0.05, 0) is 38.8 Å². The SMILES string of the molecule is CC(C)(N)CCc1cc(F)ccc1[N+](=O)[O-]. The number of nitrogens with zero attached hydrogens (tertiary/aromatic N) is 1. The molecule has 88 valence electrons. The number of benzene rings is 1. The summed E-state index contributed by atoms with van der Waals surface area (Å²) in [5, 5.41) is 10.7. The molecule has 0 saturated carbocycles. The first kappa shape index (κ1) is 12.6. The molecule has 1 rings (SSSR count). The molecule has 16 heavy (non-hydrogen) atoms. The zero-order valence-corrected chi connectivity index (χ0v) is 9.37. The highest BCUT2D eigenvalue weighted by molar-refractivity contribution is 5.40. The van der Waals surface area contributed by atoms with E-state index in [1.807, 2.05) is 13.8 Å². The monoisotopic (exact) mass is 226 g/mol. The van der Waals surface area contributed by atoms with Crippen molar-refractivity contribution < 1.29 is 9.31 Å². The van der Waals surface area contributed by atoms with Gasteiger partial charge in [0.2, 0.25) is 0 Å². The topological polar surface area (TPSA) is 69.2 Å². The molecule has 5 heteroatoms. The largest absolute Gasteiger partial charge is 0.326 e. The van der Waals surface area contributed by atoms with Gasteiger partial charge in [-0.1, -0.05) is 0 Å². The van der Waals surface area contributed by atoms with E-state index in [4.69, 9.17) is 5.73 Å². The number of nitro groups is 1. The summed E-state index contributed by atoms with van der Waals surface area (Å²) in [6, 6.07) is 3.48. The van der Waals surface area contributed by atoms with E-state index in [-0.39, 0.29) is 5.69 Å². The third-order valence-electron chi connectivity index (χ3n) is 2.28. The van der Waals surface area contributed by atoms with Crippen molar-refractivity contribution in [3.05, 3.63) is 39.7 Å². The Kier molecular flexibility index (Phi) is 3.59. The number of nitrogens with two attached hydrogens (primary N) is 1. The third kappa shape index (κ3) is 3.58. The van der Waals surface area contributed by atoms with Crippen LogP contribution in [0.15, 0.2) is 18.2 Å². The van der Waals surface area contributed by atoms with Crippen LogP contribution >= 0.6 is 0 Å². The first-order chi connectivity index (χ1) is 7.29. The standard InChI is InChI=1S/C11H15FN2O2/c1-11(2,13)6-5-8-7-9(12)3-4-10(8)14(15)16/h3-4,7H,5-6,13H2,1-2H3. The molecule has 0 aromatic heterocycles. The van der Waals surface area contributed by atoms with Crippen molar-refractivity contribution >= 4 is 5.69 Å². The molecule has 0 bridgehead atoms. The van der Waals surface area contributed by atoms with Crippen molar-refractivity contribution in [2.24, 2.45) is 5.73 Å². The quantitative estimate of drug-likeness (QED) is 0.633. The highest BCUT2D eigenvalue weighted by Gasteiger charge is 2.17. The molecule has 0 fully saturated rings. The van der Waals surface area contributed by atoms with E-state index in [0.717, 1.165) is 6.07 Å². The fourth-order valence-electron chi connectivity index (χ4n) is 1.39. The molecule has 0 radical (unpaired) electrons. The average molecular weight is 226 g/mol. The summed E-state index contributed by atoms with van der Waals surface area (Å²) in [5.74, 6) is -0.463. The van der Waals surface area contributed by atoms with Gasteiger partial charge in [-0.25, -0.2) is 4.39 Å². The predicted molar refractivity (Wildman–Crippen MR) is 59.6 cm³/mol. The first-order valence-corrected chi connectivity index (χ1v) is 5.01. The number of hydrogen-bond acceptors (Lipinski definition) is 3. The van der Waals surface area contributed by atoms with Crippen LogP contribution in [0.5, 0.6) is 0 Å². The number of nitro benzene ring substituents is 1. The molecule has 0 aliphatic rings. The number of halogens is 1. The molecule has 0 heterocycles. The molecule has 0 spiro atoms. The van der Waals surface area contributed by atoms with Gasteiger partial charge in [0.25, 0.3) is 5.69 Å². The molecule has 0 unspecified atom stereocenters. The maximum Gasteiger partial charge on any atom is 0.272 e. The lowest BCUT2D eigenvalue weighted by molar-refractivity contribution is -0.385. The minimum absolute atomic E-state index is 0.0503. The molecule has 0 amide bonds. The first-order valence-electron chi connectivity index (χ1n) is 5.01. The second-order valence-electron chi connectivity index (χ2n) is 4.52. The molecule has 0 atom stereocenters. The predicted octanol–water partition coefficient (Wildman–Crippen LogP) is 2.40. The highest BCUT2D eigenvalue weighted by atomic mass is 19.1. The molecule has 0 saturated heterocycles. The van der Waals surface area contributed by atoms with E-state index in [1.165, 1.54) is 12.1 Å². The van der Waals surface area contributed by atoms with Crippen LogP contribution in [-0.4, -0.2) is 10.5 Å². The third-order valence-corrected chi connectivity index (χ3v) is 2.28. The van der Waals surface area contributed by atoms with Crippen LogP contribution in [0.25, 0.3) is 0 Å². The smallest absolute Gasteiger partial charge is 0.272 e. The molecule has 1 aromatic carbocycles. The van der Waals surface area contributed by atoms with E-state index in [9.17, 15) is 14.5 Å². The Bertz CT molecular complexity index is 399. The molecule has 0 aliphatic carbocycles. The van der Waals surface area contributed by atoms with Crippen molar-refractivity contribution in [2.45, 2.75) is 32.2 Å². The Balaban J connectivity index is 2.93. The zero-order chi connectivity index (χ0) is 12.3. The maximum absolute atomic E-state index is 13.0. The van der Waals surface area contributed by atoms with Gasteiger partial charge in [-0.3, -0.25) is 10.1 Å². The van der Waals surface area contributed by atoms with E-state index in [1.54, 1.807) is 0 Å². The van der Waals surface area contributed by atoms with Gasteiger partial charge in [-0.2, -0.15) is 0 Å². The van der Waals surface area contributed by atoms with Gasteiger partial charge in [-0.15, -0.1) is 0 Å². The van der Waals surface area contributed by atoms with Crippen LogP contribution in [0.3, 0.4) is 0 Å². The Hall–Kier alpha value is -1.49. The minimum Gasteiger partial charge on any atom is -0.326 e. The fraction of sp³-hybridized carbons (Fsp3) is 0.455. The van der Waals surface area contributed by atoms with E-state index in [2.05, 4.69) is 0 Å². The number of rotatable bonds is 4. The summed E-state index contributed by atoms with van der Waals surface area (Å²) in [6.45, 7) is 3.66. The van der Waals surface area contributed by atoms with Gasteiger partial charge in [0.05, 0.1) is 4.92 Å². The van der Waals surface area contributed by atoms with Crippen LogP contribution in [0.2, 0.25) is 0 Å². The Morgan fingerprint density at radius 3 is 2.62 bits per heavy atom. The van der Waals surface area contributed by atoms with Gasteiger partial charge in [0.1, 0.15) is 5.82 Å². The lowest BCUT2D eigenvalue weighted by Gasteiger charge is -2.17. The molecule has 0 aliphatic heterocycles. The molecular formula is C11H15FN2O2. The summed E-state index contributed by atoms with van der Waals surface area (Å²) < 4.78 is 13.0. The van der Waals surface area contributed by atoms with Crippen LogP contribution in [-0.2, 0) is 6.42 Å². The second kappa shape index (κ2) is 4.57. The zero-order valence-electron chi connectivity index (χ0n) is 9.37. The van der Waals surface area contributed by atoms with Crippen LogP contribution in [0, 0.1) is 15.9 Å². The molecule has 4 nitrogen and oxygen atoms in total. The second-order valence-corrected chi connectivity index (χ2v) is 4.52. The van der Waals surface area contributed by atoms with Crippen molar-refractivity contribution in [1.82, 2.24) is 0 Å². The number of aryl methyl sites for hydroxylation is 1. The summed E-state index contributed by atoms with van der Waals surface area (Å²) in [4.78, 5) is 10.2. The van der Waals surface area contributed by atoms with E-state index < -0.39 is 16.3 Å². The van der Waals surface area contributed by atoms with E-state index in [0.29, 0.717) is 18.4 Å². The Morgan fingerprint density at radius 1 is 1.50 bits per heavy atom. The molecular weight excluding hydrogens is 211 g/mol. The molecule has 2 N–H and O–H groups in total. The average Bonchev–Trinajstić information content (AvgIpc) is 2.13.